The summed E-state index contributed by atoms with van der Waals surface area (Å²) in [4.78, 5) is 22.2. The van der Waals surface area contributed by atoms with Crippen molar-refractivity contribution in [1.29, 1.82) is 0 Å². The minimum atomic E-state index is -1.04. The monoisotopic (exact) mass is 239 g/mol. The molecule has 94 valence electrons. The van der Waals surface area contributed by atoms with Crippen molar-refractivity contribution in [3.8, 4) is 0 Å². The Morgan fingerprint density at radius 1 is 1.47 bits per heavy atom. The van der Waals surface area contributed by atoms with Crippen LogP contribution in [0, 0.1) is 0 Å². The van der Waals surface area contributed by atoms with Gasteiger partial charge < -0.3 is 14.4 Å². The van der Waals surface area contributed by atoms with E-state index in [-0.39, 0.29) is 17.6 Å². The van der Waals surface area contributed by atoms with Gasteiger partial charge in [0.25, 0.3) is 0 Å². The Kier molecular flexibility index (Phi) is 4.45. The number of hydrogen-bond acceptors (Lipinski definition) is 3. The summed E-state index contributed by atoms with van der Waals surface area (Å²) in [5.41, 5.74) is 0.523. The molecule has 0 aliphatic heterocycles. The third kappa shape index (κ3) is 3.71. The second-order valence-electron chi connectivity index (χ2n) is 4.09. The van der Waals surface area contributed by atoms with Crippen molar-refractivity contribution >= 4 is 11.8 Å². The lowest BCUT2D eigenvalue weighted by Crippen LogP contribution is -2.14. The summed E-state index contributed by atoms with van der Waals surface area (Å²) < 4.78 is 6.88. The van der Waals surface area contributed by atoms with Crippen LogP contribution in [0.3, 0.4) is 0 Å². The van der Waals surface area contributed by atoms with Gasteiger partial charge in [-0.2, -0.15) is 0 Å². The molecule has 0 unspecified atom stereocenters. The van der Waals surface area contributed by atoms with Crippen molar-refractivity contribution in [1.82, 2.24) is 4.57 Å². The Morgan fingerprint density at radius 3 is 2.59 bits per heavy atom. The third-order valence-electron chi connectivity index (χ3n) is 2.31. The molecule has 0 fully saturated rings. The normalized spacial score (nSPS) is 10.8. The molecule has 0 saturated heterocycles. The van der Waals surface area contributed by atoms with E-state index in [9.17, 15) is 9.59 Å². The van der Waals surface area contributed by atoms with Crippen molar-refractivity contribution in [2.75, 3.05) is 6.61 Å². The van der Waals surface area contributed by atoms with Crippen LogP contribution >= 0.6 is 0 Å². The molecule has 5 nitrogen and oxygen atoms in total. The van der Waals surface area contributed by atoms with Gasteiger partial charge in [0, 0.05) is 18.3 Å². The minimum Gasteiger partial charge on any atom is -0.477 e. The summed E-state index contributed by atoms with van der Waals surface area (Å²) in [5.74, 6) is -1.18. The minimum absolute atomic E-state index is 0.103. The van der Waals surface area contributed by atoms with Gasteiger partial charge in [0.05, 0.1) is 12.7 Å². The second-order valence-corrected chi connectivity index (χ2v) is 4.09. The Hall–Kier alpha value is -1.62. The summed E-state index contributed by atoms with van der Waals surface area (Å²) in [6.07, 6.45) is 1.65. The zero-order valence-corrected chi connectivity index (χ0v) is 10.3. The SMILES string of the molecule is CC(=O)c1cc(C(=O)O)n(CCOC(C)C)c1. The number of carbonyl (C=O) groups is 2. The number of aromatic nitrogens is 1. The number of rotatable bonds is 6. The maximum atomic E-state index is 11.2. The summed E-state index contributed by atoms with van der Waals surface area (Å²) in [5, 5.41) is 9.00. The van der Waals surface area contributed by atoms with E-state index in [1.165, 1.54) is 17.6 Å². The number of nitrogens with zero attached hydrogens (tertiary/aromatic N) is 1. The first kappa shape index (κ1) is 13.4. The molecule has 0 spiro atoms. The van der Waals surface area contributed by atoms with Crippen molar-refractivity contribution in [2.24, 2.45) is 0 Å². The molecule has 17 heavy (non-hydrogen) atoms. The zero-order valence-electron chi connectivity index (χ0n) is 10.3. The molecule has 0 amide bonds. The first-order valence-corrected chi connectivity index (χ1v) is 5.47. The fourth-order valence-corrected chi connectivity index (χ4v) is 1.45. The molecule has 1 rings (SSSR count). The molecule has 0 atom stereocenters. The van der Waals surface area contributed by atoms with E-state index in [4.69, 9.17) is 9.84 Å². The zero-order chi connectivity index (χ0) is 13.0. The molecule has 0 saturated carbocycles. The van der Waals surface area contributed by atoms with Gasteiger partial charge in [0.1, 0.15) is 5.69 Å². The average molecular weight is 239 g/mol. The summed E-state index contributed by atoms with van der Waals surface area (Å²) in [7, 11) is 0. The largest absolute Gasteiger partial charge is 0.477 e. The number of carbonyl (C=O) groups excluding carboxylic acids is 1. The average Bonchev–Trinajstić information content (AvgIpc) is 2.61. The van der Waals surface area contributed by atoms with Gasteiger partial charge in [0.15, 0.2) is 5.78 Å². The van der Waals surface area contributed by atoms with Crippen LogP contribution in [-0.2, 0) is 11.3 Å². The number of carboxylic acids is 1. The van der Waals surface area contributed by atoms with E-state index in [0.717, 1.165) is 0 Å². The first-order valence-electron chi connectivity index (χ1n) is 5.47. The number of hydrogen-bond donors (Lipinski definition) is 1. The van der Waals surface area contributed by atoms with Crippen molar-refractivity contribution < 1.29 is 19.4 Å². The van der Waals surface area contributed by atoms with Gasteiger partial charge in [-0.3, -0.25) is 4.79 Å². The third-order valence-corrected chi connectivity index (χ3v) is 2.31. The summed E-state index contributed by atoms with van der Waals surface area (Å²) in [6.45, 7) is 6.08. The van der Waals surface area contributed by atoms with Crippen LogP contribution in [0.25, 0.3) is 0 Å². The second kappa shape index (κ2) is 5.63. The van der Waals surface area contributed by atoms with Crippen LogP contribution in [0.4, 0.5) is 0 Å². The van der Waals surface area contributed by atoms with Crippen LogP contribution in [-0.4, -0.2) is 34.1 Å². The topological polar surface area (TPSA) is 68.5 Å². The molecule has 0 radical (unpaired) electrons. The van der Waals surface area contributed by atoms with E-state index < -0.39 is 5.97 Å². The fraction of sp³-hybridized carbons (Fsp3) is 0.500. The van der Waals surface area contributed by atoms with Gasteiger partial charge in [-0.15, -0.1) is 0 Å². The first-order chi connectivity index (χ1) is 7.91. The summed E-state index contributed by atoms with van der Waals surface area (Å²) in [6, 6.07) is 1.39. The van der Waals surface area contributed by atoms with Gasteiger partial charge in [-0.05, 0) is 26.8 Å². The Bertz CT molecular complexity index is 420. The number of ketones is 1. The van der Waals surface area contributed by atoms with Gasteiger partial charge in [-0.1, -0.05) is 0 Å². The molecule has 1 heterocycles. The lowest BCUT2D eigenvalue weighted by molar-refractivity contribution is 0.0650. The molecule has 0 aliphatic rings. The van der Waals surface area contributed by atoms with E-state index in [1.54, 1.807) is 6.20 Å². The standard InChI is InChI=1S/C12H17NO4/c1-8(2)17-5-4-13-7-10(9(3)14)6-11(13)12(15)16/h6-8H,4-5H2,1-3H3,(H,15,16). The molecule has 0 bridgehead atoms. The predicted molar refractivity (Wildman–Crippen MR) is 62.5 cm³/mol. The highest BCUT2D eigenvalue weighted by Gasteiger charge is 2.14. The Morgan fingerprint density at radius 2 is 2.12 bits per heavy atom. The Balaban J connectivity index is 2.81. The van der Waals surface area contributed by atoms with E-state index in [0.29, 0.717) is 18.7 Å². The quantitative estimate of drug-likeness (QED) is 0.769. The van der Waals surface area contributed by atoms with E-state index in [1.807, 2.05) is 13.8 Å². The maximum Gasteiger partial charge on any atom is 0.352 e. The lowest BCUT2D eigenvalue weighted by Gasteiger charge is -2.09. The smallest absolute Gasteiger partial charge is 0.352 e. The maximum absolute atomic E-state index is 11.2. The highest BCUT2D eigenvalue weighted by atomic mass is 16.5. The molecular weight excluding hydrogens is 222 g/mol. The highest BCUT2D eigenvalue weighted by Crippen LogP contribution is 2.10. The van der Waals surface area contributed by atoms with Crippen LogP contribution in [0.15, 0.2) is 12.3 Å². The number of ether oxygens (including phenoxy) is 1. The number of carboxylic acid groups (broad SMARTS) is 1. The predicted octanol–water partition coefficient (Wildman–Crippen LogP) is 1.81. The van der Waals surface area contributed by atoms with E-state index in [2.05, 4.69) is 0 Å². The molecule has 5 heteroatoms. The summed E-state index contributed by atoms with van der Waals surface area (Å²) >= 11 is 0. The Labute approximate surface area is 100 Å². The number of aromatic carboxylic acids is 1. The molecular formula is C12H17NO4. The molecule has 1 N–H and O–H groups in total. The molecule has 1 aromatic heterocycles. The van der Waals surface area contributed by atoms with Crippen molar-refractivity contribution in [2.45, 2.75) is 33.4 Å². The van der Waals surface area contributed by atoms with Gasteiger partial charge in [-0.25, -0.2) is 4.79 Å². The van der Waals surface area contributed by atoms with Gasteiger partial charge in [0.2, 0.25) is 0 Å². The molecule has 1 aromatic rings. The van der Waals surface area contributed by atoms with Crippen molar-refractivity contribution in [3.05, 3.63) is 23.5 Å². The van der Waals surface area contributed by atoms with Crippen LogP contribution in [0.1, 0.15) is 41.6 Å². The highest BCUT2D eigenvalue weighted by molar-refractivity contribution is 5.97. The molecule has 0 aromatic carbocycles. The lowest BCUT2D eigenvalue weighted by atomic mass is 10.2. The fourth-order valence-electron chi connectivity index (χ4n) is 1.45. The van der Waals surface area contributed by atoms with E-state index >= 15 is 0 Å². The van der Waals surface area contributed by atoms with Crippen molar-refractivity contribution in [3.63, 3.8) is 0 Å². The van der Waals surface area contributed by atoms with Crippen LogP contribution in [0.5, 0.6) is 0 Å². The van der Waals surface area contributed by atoms with Crippen LogP contribution < -0.4 is 0 Å². The number of Topliss-reactive ketones (excluding diaryl/α,β-unsaturated/α-hetero) is 1. The molecule has 0 aliphatic carbocycles. The van der Waals surface area contributed by atoms with Crippen LogP contribution in [0.2, 0.25) is 0 Å². The van der Waals surface area contributed by atoms with Gasteiger partial charge >= 0.3 is 5.97 Å².